The van der Waals surface area contributed by atoms with E-state index < -0.39 is 0 Å². The van der Waals surface area contributed by atoms with Crippen LogP contribution in [0.5, 0.6) is 17.2 Å². The van der Waals surface area contributed by atoms with Crippen LogP contribution in [-0.4, -0.2) is 25.7 Å². The number of hydrogen-bond acceptors (Lipinski definition) is 3. The summed E-state index contributed by atoms with van der Waals surface area (Å²) in [4.78, 5) is 0. The summed E-state index contributed by atoms with van der Waals surface area (Å²) >= 11 is 3.45. The molecular weight excluding hydrogens is 368 g/mol. The van der Waals surface area contributed by atoms with E-state index in [0.717, 1.165) is 52.8 Å². The Kier molecular flexibility index (Phi) is 7.70. The molecule has 0 aliphatic rings. The molecule has 4 heteroatoms. The molecule has 0 aromatic heterocycles. The van der Waals surface area contributed by atoms with Gasteiger partial charge in [-0.2, -0.15) is 0 Å². The molecule has 0 N–H and O–H groups in total. The Hall–Kier alpha value is -1.42. The lowest BCUT2D eigenvalue weighted by atomic mass is 10.1. The topological polar surface area (TPSA) is 27.7 Å². The first-order valence-corrected chi connectivity index (χ1v) is 9.70. The zero-order chi connectivity index (χ0) is 17.4. The van der Waals surface area contributed by atoms with Crippen molar-refractivity contribution >= 4 is 26.7 Å². The van der Waals surface area contributed by atoms with E-state index >= 15 is 0 Å². The molecule has 24 heavy (non-hydrogen) atoms. The summed E-state index contributed by atoms with van der Waals surface area (Å²) in [5, 5.41) is 3.19. The molecule has 0 unspecified atom stereocenters. The second-order valence-electron chi connectivity index (χ2n) is 6.28. The molecule has 0 heterocycles. The third-order valence-electron chi connectivity index (χ3n) is 3.73. The van der Waals surface area contributed by atoms with Gasteiger partial charge in [-0.1, -0.05) is 35.8 Å². The van der Waals surface area contributed by atoms with Gasteiger partial charge < -0.3 is 14.2 Å². The molecule has 0 saturated heterocycles. The number of methoxy groups -OCH3 is 1. The highest BCUT2D eigenvalue weighted by atomic mass is 79.9. The van der Waals surface area contributed by atoms with Crippen molar-refractivity contribution in [2.75, 3.05) is 25.7 Å². The maximum atomic E-state index is 5.92. The molecule has 132 valence electrons. The average molecular weight is 395 g/mol. The highest BCUT2D eigenvalue weighted by molar-refractivity contribution is 9.09. The van der Waals surface area contributed by atoms with Gasteiger partial charge in [-0.15, -0.1) is 0 Å². The van der Waals surface area contributed by atoms with E-state index in [1.165, 1.54) is 6.42 Å². The molecule has 2 aromatic rings. The van der Waals surface area contributed by atoms with Crippen LogP contribution >= 0.6 is 15.9 Å². The van der Waals surface area contributed by atoms with Crippen LogP contribution in [0.25, 0.3) is 10.8 Å². The number of rotatable bonds is 10. The van der Waals surface area contributed by atoms with Crippen LogP contribution in [0.15, 0.2) is 30.3 Å². The molecular formula is C20H27BrO3. The van der Waals surface area contributed by atoms with Gasteiger partial charge in [0, 0.05) is 10.7 Å². The number of fused-ring (bicyclic) bond motifs is 1. The molecule has 2 aromatic carbocycles. The van der Waals surface area contributed by atoms with Gasteiger partial charge in [0.05, 0.1) is 20.3 Å². The van der Waals surface area contributed by atoms with Crippen LogP contribution in [0.2, 0.25) is 0 Å². The molecule has 0 aliphatic carbocycles. The predicted molar refractivity (Wildman–Crippen MR) is 104 cm³/mol. The Morgan fingerprint density at radius 3 is 2.54 bits per heavy atom. The number of halogens is 1. The monoisotopic (exact) mass is 394 g/mol. The standard InChI is InChI=1S/C20H27BrO3/c1-15(2)14-24-17-8-9-18-16(13-17)7-10-19(20(18)22-3)23-12-6-4-5-11-21/h7-10,13,15H,4-6,11-12,14H2,1-3H3. The van der Waals surface area contributed by atoms with Crippen LogP contribution in [0, 0.1) is 5.92 Å². The van der Waals surface area contributed by atoms with Gasteiger partial charge in [0.2, 0.25) is 0 Å². The van der Waals surface area contributed by atoms with Crippen molar-refractivity contribution in [3.8, 4) is 17.2 Å². The van der Waals surface area contributed by atoms with Gasteiger partial charge in [0.1, 0.15) is 5.75 Å². The lowest BCUT2D eigenvalue weighted by Crippen LogP contribution is -2.04. The molecule has 0 bridgehead atoms. The van der Waals surface area contributed by atoms with Crippen molar-refractivity contribution in [2.45, 2.75) is 33.1 Å². The summed E-state index contributed by atoms with van der Waals surface area (Å²) < 4.78 is 17.3. The minimum atomic E-state index is 0.510. The maximum absolute atomic E-state index is 5.92. The van der Waals surface area contributed by atoms with Gasteiger partial charge >= 0.3 is 0 Å². The highest BCUT2D eigenvalue weighted by Gasteiger charge is 2.10. The molecule has 0 spiro atoms. The van der Waals surface area contributed by atoms with E-state index in [-0.39, 0.29) is 0 Å². The lowest BCUT2D eigenvalue weighted by Gasteiger charge is -2.14. The summed E-state index contributed by atoms with van der Waals surface area (Å²) in [6, 6.07) is 10.1. The zero-order valence-corrected chi connectivity index (χ0v) is 16.4. The summed E-state index contributed by atoms with van der Waals surface area (Å²) in [5.74, 6) is 3.00. The fraction of sp³-hybridized carbons (Fsp3) is 0.500. The van der Waals surface area contributed by atoms with Crippen molar-refractivity contribution in [2.24, 2.45) is 5.92 Å². The van der Waals surface area contributed by atoms with E-state index in [4.69, 9.17) is 14.2 Å². The molecule has 0 saturated carbocycles. The first kappa shape index (κ1) is 18.9. The average Bonchev–Trinajstić information content (AvgIpc) is 2.59. The van der Waals surface area contributed by atoms with Gasteiger partial charge in [-0.3, -0.25) is 0 Å². The Balaban J connectivity index is 2.12. The third kappa shape index (κ3) is 5.30. The van der Waals surface area contributed by atoms with Gasteiger partial charge in [0.15, 0.2) is 11.5 Å². The van der Waals surface area contributed by atoms with Crippen molar-refractivity contribution in [3.05, 3.63) is 30.3 Å². The summed E-state index contributed by atoms with van der Waals surface area (Å²) in [6.07, 6.45) is 3.39. The van der Waals surface area contributed by atoms with Crippen LogP contribution in [0.3, 0.4) is 0 Å². The molecule has 0 aliphatic heterocycles. The zero-order valence-electron chi connectivity index (χ0n) is 14.8. The first-order chi connectivity index (χ1) is 11.7. The smallest absolute Gasteiger partial charge is 0.168 e. The van der Waals surface area contributed by atoms with Crippen LogP contribution < -0.4 is 14.2 Å². The van der Waals surface area contributed by atoms with Crippen molar-refractivity contribution in [1.29, 1.82) is 0 Å². The third-order valence-corrected chi connectivity index (χ3v) is 4.29. The lowest BCUT2D eigenvalue weighted by molar-refractivity contribution is 0.271. The van der Waals surface area contributed by atoms with Crippen LogP contribution in [0.4, 0.5) is 0 Å². The van der Waals surface area contributed by atoms with Crippen molar-refractivity contribution in [3.63, 3.8) is 0 Å². The molecule has 0 fully saturated rings. The predicted octanol–water partition coefficient (Wildman–Crippen LogP) is 5.83. The van der Waals surface area contributed by atoms with Gasteiger partial charge in [0.25, 0.3) is 0 Å². The number of hydrogen-bond donors (Lipinski definition) is 0. The quantitative estimate of drug-likeness (QED) is 0.374. The maximum Gasteiger partial charge on any atom is 0.168 e. The molecule has 0 amide bonds. The van der Waals surface area contributed by atoms with E-state index in [0.29, 0.717) is 12.5 Å². The van der Waals surface area contributed by atoms with E-state index in [2.05, 4.69) is 41.9 Å². The van der Waals surface area contributed by atoms with Crippen molar-refractivity contribution in [1.82, 2.24) is 0 Å². The van der Waals surface area contributed by atoms with Crippen LogP contribution in [0.1, 0.15) is 33.1 Å². The number of alkyl halides is 1. The fourth-order valence-corrected chi connectivity index (χ4v) is 2.89. The molecule has 0 radical (unpaired) electrons. The molecule has 2 rings (SSSR count). The highest BCUT2D eigenvalue weighted by Crippen LogP contribution is 2.37. The van der Waals surface area contributed by atoms with E-state index in [1.54, 1.807) is 7.11 Å². The van der Waals surface area contributed by atoms with E-state index in [9.17, 15) is 0 Å². The second kappa shape index (κ2) is 9.77. The minimum absolute atomic E-state index is 0.510. The Morgan fingerprint density at radius 1 is 1.00 bits per heavy atom. The fourth-order valence-electron chi connectivity index (χ4n) is 2.49. The number of benzene rings is 2. The largest absolute Gasteiger partial charge is 0.493 e. The number of ether oxygens (including phenoxy) is 3. The normalized spacial score (nSPS) is 11.0. The van der Waals surface area contributed by atoms with Crippen molar-refractivity contribution < 1.29 is 14.2 Å². The van der Waals surface area contributed by atoms with Gasteiger partial charge in [-0.25, -0.2) is 0 Å². The SMILES string of the molecule is COc1c(OCCCCCBr)ccc2cc(OCC(C)C)ccc12. The van der Waals surface area contributed by atoms with Crippen LogP contribution in [-0.2, 0) is 0 Å². The Bertz CT molecular complexity index is 640. The summed E-state index contributed by atoms with van der Waals surface area (Å²) in [7, 11) is 1.69. The number of unbranched alkanes of at least 4 members (excludes halogenated alkanes) is 2. The van der Waals surface area contributed by atoms with Gasteiger partial charge in [-0.05, 0) is 54.8 Å². The molecule has 0 atom stereocenters. The summed E-state index contributed by atoms with van der Waals surface area (Å²) in [5.41, 5.74) is 0. The Morgan fingerprint density at radius 2 is 1.83 bits per heavy atom. The Labute approximate surface area is 153 Å². The second-order valence-corrected chi connectivity index (χ2v) is 7.08. The minimum Gasteiger partial charge on any atom is -0.493 e. The first-order valence-electron chi connectivity index (χ1n) is 8.58. The molecule has 3 nitrogen and oxygen atoms in total. The summed E-state index contributed by atoms with van der Waals surface area (Å²) in [6.45, 7) is 5.72. The van der Waals surface area contributed by atoms with E-state index in [1.807, 2.05) is 18.2 Å².